The molecule has 1 amide bonds. The van der Waals surface area contributed by atoms with Crippen LogP contribution in [0.25, 0.3) is 0 Å². The molecule has 1 aromatic rings. The lowest BCUT2D eigenvalue weighted by molar-refractivity contribution is -0.137. The number of carbonyl (C=O) groups is 1. The summed E-state index contributed by atoms with van der Waals surface area (Å²) >= 11 is 5.61. The van der Waals surface area contributed by atoms with Crippen molar-refractivity contribution in [3.8, 4) is 0 Å². The van der Waals surface area contributed by atoms with Crippen molar-refractivity contribution in [1.29, 1.82) is 0 Å². The van der Waals surface area contributed by atoms with Crippen LogP contribution in [0.3, 0.4) is 0 Å². The topological polar surface area (TPSA) is 41.1 Å². The summed E-state index contributed by atoms with van der Waals surface area (Å²) in [6, 6.07) is 2.83. The van der Waals surface area contributed by atoms with E-state index in [4.69, 9.17) is 11.6 Å². The van der Waals surface area contributed by atoms with Crippen LogP contribution in [0, 0.1) is 0 Å². The predicted molar refractivity (Wildman–Crippen MR) is 70.7 cm³/mol. The monoisotopic (exact) mass is 306 g/mol. The van der Waals surface area contributed by atoms with Crippen molar-refractivity contribution in [1.82, 2.24) is 5.32 Å². The molecule has 0 bridgehead atoms. The van der Waals surface area contributed by atoms with Gasteiger partial charge in [-0.05, 0) is 37.5 Å². The molecule has 0 radical (unpaired) electrons. The number of benzene rings is 1. The van der Waals surface area contributed by atoms with Gasteiger partial charge in [0.05, 0.1) is 5.56 Å². The van der Waals surface area contributed by atoms with Gasteiger partial charge >= 0.3 is 6.18 Å². The van der Waals surface area contributed by atoms with E-state index in [-0.39, 0.29) is 16.6 Å². The van der Waals surface area contributed by atoms with Crippen LogP contribution < -0.4 is 10.6 Å². The van der Waals surface area contributed by atoms with Crippen LogP contribution in [0.4, 0.5) is 18.9 Å². The van der Waals surface area contributed by atoms with E-state index in [9.17, 15) is 18.0 Å². The largest absolute Gasteiger partial charge is 0.418 e. The van der Waals surface area contributed by atoms with Crippen molar-refractivity contribution >= 4 is 23.2 Å². The van der Waals surface area contributed by atoms with E-state index in [1.165, 1.54) is 12.1 Å². The van der Waals surface area contributed by atoms with E-state index < -0.39 is 17.8 Å². The maximum absolute atomic E-state index is 13.0. The van der Waals surface area contributed by atoms with E-state index in [0.29, 0.717) is 13.0 Å². The van der Waals surface area contributed by atoms with Gasteiger partial charge in [0.2, 0.25) is 5.91 Å². The molecule has 1 aromatic carbocycles. The smallest absolute Gasteiger partial charge is 0.373 e. The SMILES string of the molecule is O=C1NCCCCC1Nc1ccc(Cl)cc1C(F)(F)F. The fourth-order valence-electron chi connectivity index (χ4n) is 2.14. The van der Waals surface area contributed by atoms with Crippen LogP contribution >= 0.6 is 11.6 Å². The molecule has 7 heteroatoms. The van der Waals surface area contributed by atoms with Crippen LogP contribution in [-0.4, -0.2) is 18.5 Å². The second kappa shape index (κ2) is 5.91. The normalized spacial score (nSPS) is 20.2. The van der Waals surface area contributed by atoms with Crippen LogP contribution in [0.15, 0.2) is 18.2 Å². The second-order valence-electron chi connectivity index (χ2n) is 4.67. The summed E-state index contributed by atoms with van der Waals surface area (Å²) in [6.45, 7) is 0.559. The molecule has 2 N–H and O–H groups in total. The van der Waals surface area contributed by atoms with Gasteiger partial charge in [-0.25, -0.2) is 0 Å². The maximum Gasteiger partial charge on any atom is 0.418 e. The number of nitrogens with one attached hydrogen (secondary N) is 2. The predicted octanol–water partition coefficient (Wildman–Crippen LogP) is 3.44. The molecule has 2 rings (SSSR count). The number of alkyl halides is 3. The van der Waals surface area contributed by atoms with Crippen LogP contribution in [0.1, 0.15) is 24.8 Å². The summed E-state index contributed by atoms with van der Waals surface area (Å²) in [6.07, 6.45) is -2.40. The van der Waals surface area contributed by atoms with Gasteiger partial charge in [-0.3, -0.25) is 4.79 Å². The first kappa shape index (κ1) is 15.0. The van der Waals surface area contributed by atoms with E-state index in [2.05, 4.69) is 10.6 Å². The van der Waals surface area contributed by atoms with Gasteiger partial charge in [-0.15, -0.1) is 0 Å². The van der Waals surface area contributed by atoms with Crippen molar-refractivity contribution in [3.63, 3.8) is 0 Å². The average Bonchev–Trinajstić information content (AvgIpc) is 2.56. The van der Waals surface area contributed by atoms with E-state index in [0.717, 1.165) is 18.9 Å². The molecule has 3 nitrogen and oxygen atoms in total. The van der Waals surface area contributed by atoms with Gasteiger partial charge in [0.25, 0.3) is 0 Å². The lowest BCUT2D eigenvalue weighted by Gasteiger charge is -2.20. The summed E-state index contributed by atoms with van der Waals surface area (Å²) in [5.74, 6) is -0.273. The Morgan fingerprint density at radius 2 is 2.05 bits per heavy atom. The first-order chi connectivity index (χ1) is 9.38. The molecule has 1 unspecified atom stereocenters. The Kier molecular flexibility index (Phi) is 4.42. The van der Waals surface area contributed by atoms with Gasteiger partial charge in [0.1, 0.15) is 6.04 Å². The summed E-state index contributed by atoms with van der Waals surface area (Å²) in [7, 11) is 0. The highest BCUT2D eigenvalue weighted by Crippen LogP contribution is 2.37. The molecule has 0 aromatic heterocycles. The molecule has 110 valence electrons. The Morgan fingerprint density at radius 3 is 2.75 bits per heavy atom. The minimum absolute atomic E-state index is 0.00759. The van der Waals surface area contributed by atoms with Crippen LogP contribution in [-0.2, 0) is 11.0 Å². The Balaban J connectivity index is 2.26. The van der Waals surface area contributed by atoms with E-state index >= 15 is 0 Å². The zero-order chi connectivity index (χ0) is 14.8. The molecular weight excluding hydrogens is 293 g/mol. The molecule has 1 atom stereocenters. The third kappa shape index (κ3) is 3.56. The fourth-order valence-corrected chi connectivity index (χ4v) is 2.31. The van der Waals surface area contributed by atoms with Crippen LogP contribution in [0.5, 0.6) is 0 Å². The third-order valence-electron chi connectivity index (χ3n) is 3.15. The highest BCUT2D eigenvalue weighted by molar-refractivity contribution is 6.30. The Hall–Kier alpha value is -1.43. The minimum atomic E-state index is -4.52. The zero-order valence-electron chi connectivity index (χ0n) is 10.6. The first-order valence-corrected chi connectivity index (χ1v) is 6.67. The molecule has 1 aliphatic rings. The number of hydrogen-bond acceptors (Lipinski definition) is 2. The zero-order valence-corrected chi connectivity index (χ0v) is 11.3. The van der Waals surface area contributed by atoms with Gasteiger partial charge < -0.3 is 10.6 Å². The van der Waals surface area contributed by atoms with Crippen molar-refractivity contribution in [2.24, 2.45) is 0 Å². The van der Waals surface area contributed by atoms with Gasteiger partial charge in [-0.1, -0.05) is 11.6 Å². The number of carbonyl (C=O) groups excluding carboxylic acids is 1. The van der Waals surface area contributed by atoms with E-state index in [1.807, 2.05) is 0 Å². The van der Waals surface area contributed by atoms with Crippen molar-refractivity contribution in [3.05, 3.63) is 28.8 Å². The Morgan fingerprint density at radius 1 is 1.30 bits per heavy atom. The highest BCUT2D eigenvalue weighted by Gasteiger charge is 2.35. The lowest BCUT2D eigenvalue weighted by atomic mass is 10.1. The van der Waals surface area contributed by atoms with Gasteiger partial charge in [-0.2, -0.15) is 13.2 Å². The summed E-state index contributed by atoms with van der Waals surface area (Å²) in [5.41, 5.74) is -0.981. The summed E-state index contributed by atoms with van der Waals surface area (Å²) < 4.78 is 38.9. The number of rotatable bonds is 2. The molecule has 1 saturated heterocycles. The second-order valence-corrected chi connectivity index (χ2v) is 5.11. The number of anilines is 1. The van der Waals surface area contributed by atoms with Crippen molar-refractivity contribution in [2.45, 2.75) is 31.5 Å². The summed E-state index contributed by atoms with van der Waals surface area (Å²) in [5, 5.41) is 5.37. The maximum atomic E-state index is 13.0. The Labute approximate surface area is 119 Å². The number of hydrogen-bond donors (Lipinski definition) is 2. The van der Waals surface area contributed by atoms with E-state index in [1.54, 1.807) is 0 Å². The third-order valence-corrected chi connectivity index (χ3v) is 3.39. The van der Waals surface area contributed by atoms with Gasteiger partial charge in [0.15, 0.2) is 0 Å². The lowest BCUT2D eigenvalue weighted by Crippen LogP contribution is -2.38. The highest BCUT2D eigenvalue weighted by atomic mass is 35.5. The Bertz CT molecular complexity index is 505. The molecule has 20 heavy (non-hydrogen) atoms. The molecule has 0 aliphatic carbocycles. The quantitative estimate of drug-likeness (QED) is 0.879. The average molecular weight is 307 g/mol. The number of halogens is 4. The van der Waals surface area contributed by atoms with Gasteiger partial charge in [0, 0.05) is 17.3 Å². The van der Waals surface area contributed by atoms with Crippen molar-refractivity contribution in [2.75, 3.05) is 11.9 Å². The van der Waals surface area contributed by atoms with Crippen molar-refractivity contribution < 1.29 is 18.0 Å². The molecule has 1 heterocycles. The molecule has 0 spiro atoms. The molecular formula is C13H14ClF3N2O. The fraction of sp³-hybridized carbons (Fsp3) is 0.462. The first-order valence-electron chi connectivity index (χ1n) is 6.29. The summed E-state index contributed by atoms with van der Waals surface area (Å²) in [4.78, 5) is 11.8. The van der Waals surface area contributed by atoms with Crippen LogP contribution in [0.2, 0.25) is 5.02 Å². The molecule has 1 aliphatic heterocycles. The standard InChI is InChI=1S/C13H14ClF3N2O/c14-8-4-5-10(9(7-8)13(15,16)17)19-11-3-1-2-6-18-12(11)20/h4-5,7,11,19H,1-3,6H2,(H,18,20). The molecule has 1 fully saturated rings. The molecule has 0 saturated carbocycles. The number of amides is 1. The minimum Gasteiger partial charge on any atom is -0.373 e.